The Balaban J connectivity index is 2.79. The molecule has 0 spiro atoms. The van der Waals surface area contributed by atoms with Crippen LogP contribution in [0.4, 0.5) is 0 Å². The van der Waals surface area contributed by atoms with Gasteiger partial charge in [-0.05, 0) is 122 Å². The van der Waals surface area contributed by atoms with Crippen LogP contribution in [0, 0.1) is 0 Å². The lowest BCUT2D eigenvalue weighted by Crippen LogP contribution is -2.61. The summed E-state index contributed by atoms with van der Waals surface area (Å²) in [6.45, 7) is 5.50. The summed E-state index contributed by atoms with van der Waals surface area (Å²) in [5, 5.41) is 31.4. The summed E-state index contributed by atoms with van der Waals surface area (Å²) in [4.78, 5) is 51.0. The lowest BCUT2D eigenvalue weighted by Gasteiger charge is -2.40. The molecule has 0 amide bonds. The molecule has 0 aromatic carbocycles. The third-order valence-corrected chi connectivity index (χ3v) is 11.4. The predicted molar refractivity (Wildman–Crippen MR) is 302 cm³/mol. The number of carboxylic acid groups (broad SMARTS) is 1. The Morgan fingerprint density at radius 2 is 0.827 bits per heavy atom. The number of allylic oxidation sites excluding steroid dienone is 24. The van der Waals surface area contributed by atoms with Crippen LogP contribution in [0.25, 0.3) is 0 Å². The van der Waals surface area contributed by atoms with Gasteiger partial charge in [-0.15, -0.1) is 0 Å². The van der Waals surface area contributed by atoms with Crippen LogP contribution in [-0.4, -0.2) is 89.2 Å². The maximum atomic E-state index is 13.1. The van der Waals surface area contributed by atoms with Crippen molar-refractivity contribution in [3.8, 4) is 0 Å². The molecule has 1 rings (SSSR count). The van der Waals surface area contributed by atoms with E-state index in [2.05, 4.69) is 148 Å². The number of carboxylic acids is 1. The number of hydrogen-bond acceptors (Lipinski definition) is 11. The molecule has 0 aromatic heterocycles. The third-order valence-electron chi connectivity index (χ3n) is 11.4. The Hall–Kier alpha value is -5.40. The molecule has 0 aromatic rings. The normalized spacial score (nSPS) is 19.3. The molecule has 6 unspecified atom stereocenters. The number of ether oxygens (including phenoxy) is 5. The van der Waals surface area contributed by atoms with Crippen LogP contribution in [0.3, 0.4) is 0 Å². The Labute approximate surface area is 451 Å². The summed E-state index contributed by atoms with van der Waals surface area (Å²) in [6, 6.07) is 0. The quantitative estimate of drug-likeness (QED) is 0.0228. The van der Waals surface area contributed by atoms with Crippen molar-refractivity contribution in [2.24, 2.45) is 0 Å². The molecule has 418 valence electrons. The fourth-order valence-electron chi connectivity index (χ4n) is 7.24. The Morgan fingerprint density at radius 3 is 1.24 bits per heavy atom. The van der Waals surface area contributed by atoms with Gasteiger partial charge in [-0.1, -0.05) is 179 Å². The fraction of sp³-hybridized carbons (Fsp3) is 0.556. The average molecular weight is 1040 g/mol. The summed E-state index contributed by atoms with van der Waals surface area (Å²) in [6.07, 6.45) is 58.5. The number of carbonyl (C=O) groups excluding carboxylic acids is 3. The number of carbonyl (C=O) groups is 4. The van der Waals surface area contributed by atoms with Crippen LogP contribution in [0.5, 0.6) is 0 Å². The van der Waals surface area contributed by atoms with Crippen molar-refractivity contribution in [3.05, 3.63) is 146 Å². The highest BCUT2D eigenvalue weighted by atomic mass is 16.7. The number of aliphatic hydroxyl groups excluding tert-OH is 2. The van der Waals surface area contributed by atoms with E-state index < -0.39 is 67.3 Å². The smallest absolute Gasteiger partial charge is 0.335 e. The van der Waals surface area contributed by atoms with Crippen LogP contribution in [-0.2, 0) is 42.9 Å². The van der Waals surface area contributed by atoms with Crippen LogP contribution in [0.1, 0.15) is 175 Å². The zero-order valence-corrected chi connectivity index (χ0v) is 45.7. The van der Waals surface area contributed by atoms with Gasteiger partial charge in [0.25, 0.3) is 0 Å². The third kappa shape index (κ3) is 39.7. The van der Waals surface area contributed by atoms with E-state index in [4.69, 9.17) is 23.7 Å². The van der Waals surface area contributed by atoms with Crippen LogP contribution in [0.15, 0.2) is 146 Å². The first kappa shape index (κ1) is 67.6. The van der Waals surface area contributed by atoms with Crippen molar-refractivity contribution in [3.63, 3.8) is 0 Å². The number of aliphatic carboxylic acids is 1. The van der Waals surface area contributed by atoms with Gasteiger partial charge in [0.2, 0.25) is 0 Å². The molecule has 12 nitrogen and oxygen atoms in total. The standard InChI is InChI=1S/C63H94O12/c1-4-7-10-13-16-19-22-25-26-27-28-29-30-33-34-37-40-43-46-49-55(64)71-52-54(73-56(65)50-47-44-41-38-35-31-23-20-17-14-11-8-5-2)53-72-63-61(59(68)58(67)60(75-63)62(69)70)74-57(66)51-48-45-42-39-36-32-24-21-18-15-12-9-6-3/h7-12,16-21,25-26,28-29,31-36,41,44,54,58-61,63,67-68H,4-6,13-15,22-24,27,30,37-40,42-43,45-53H2,1-3H3,(H,69,70)/b10-7-,11-8-,12-9-,19-16-,20-17-,21-18-,26-25-,29-28-,34-33-,35-31-,36-32-,44-41-. The first-order valence-corrected chi connectivity index (χ1v) is 27.8. The maximum absolute atomic E-state index is 13.1. The monoisotopic (exact) mass is 1040 g/mol. The van der Waals surface area contributed by atoms with Gasteiger partial charge >= 0.3 is 23.9 Å². The molecule has 1 aliphatic heterocycles. The molecule has 0 aliphatic carbocycles. The first-order chi connectivity index (χ1) is 36.6. The van der Waals surface area contributed by atoms with Crippen molar-refractivity contribution in [2.75, 3.05) is 13.2 Å². The molecule has 1 fully saturated rings. The van der Waals surface area contributed by atoms with Gasteiger partial charge in [0.15, 0.2) is 24.6 Å². The maximum Gasteiger partial charge on any atom is 0.335 e. The van der Waals surface area contributed by atoms with E-state index in [9.17, 15) is 34.5 Å². The molecule has 12 heteroatoms. The minimum Gasteiger partial charge on any atom is -0.479 e. The highest BCUT2D eigenvalue weighted by Gasteiger charge is 2.50. The van der Waals surface area contributed by atoms with Crippen LogP contribution in [0.2, 0.25) is 0 Å². The molecular formula is C63H94O12. The van der Waals surface area contributed by atoms with Gasteiger partial charge in [0, 0.05) is 19.3 Å². The highest BCUT2D eigenvalue weighted by molar-refractivity contribution is 5.74. The van der Waals surface area contributed by atoms with E-state index in [-0.39, 0.29) is 25.9 Å². The summed E-state index contributed by atoms with van der Waals surface area (Å²) in [7, 11) is 0. The van der Waals surface area contributed by atoms with Crippen molar-refractivity contribution in [2.45, 2.75) is 212 Å². The van der Waals surface area contributed by atoms with E-state index in [1.54, 1.807) is 0 Å². The van der Waals surface area contributed by atoms with E-state index in [0.717, 1.165) is 109 Å². The number of aliphatic hydroxyl groups is 2. The molecule has 6 atom stereocenters. The second-order valence-corrected chi connectivity index (χ2v) is 18.1. The lowest BCUT2D eigenvalue weighted by molar-refractivity contribution is -0.301. The predicted octanol–water partition coefficient (Wildman–Crippen LogP) is 14.0. The molecule has 1 saturated heterocycles. The van der Waals surface area contributed by atoms with Crippen molar-refractivity contribution >= 4 is 23.9 Å². The van der Waals surface area contributed by atoms with E-state index >= 15 is 0 Å². The summed E-state index contributed by atoms with van der Waals surface area (Å²) < 4.78 is 28.2. The Morgan fingerprint density at radius 1 is 0.440 bits per heavy atom. The molecule has 3 N–H and O–H groups in total. The Kier molecular flexibility index (Phi) is 44.6. The SMILES string of the molecule is CC/C=C\C/C=C\C/C=C\C/C=C\C/C=C\CCCCCC(=O)OCC(COC1OC(C(=O)O)C(O)C(O)C1OC(=O)CCCCC/C=C\C/C=C\C/C=C\CC)OC(=O)CC/C=C\C/C=C\C/C=C\C/C=C\CC. The van der Waals surface area contributed by atoms with E-state index in [0.29, 0.717) is 25.7 Å². The van der Waals surface area contributed by atoms with Crippen LogP contribution >= 0.6 is 0 Å². The zero-order chi connectivity index (χ0) is 54.7. The summed E-state index contributed by atoms with van der Waals surface area (Å²) in [5.74, 6) is -3.35. The Bertz CT molecular complexity index is 1860. The largest absolute Gasteiger partial charge is 0.479 e. The molecule has 1 aliphatic rings. The molecule has 75 heavy (non-hydrogen) atoms. The van der Waals surface area contributed by atoms with Gasteiger partial charge in [0.1, 0.15) is 18.8 Å². The number of esters is 3. The summed E-state index contributed by atoms with van der Waals surface area (Å²) >= 11 is 0. The molecule has 1 heterocycles. The fourth-order valence-corrected chi connectivity index (χ4v) is 7.24. The molecule has 0 radical (unpaired) electrons. The minimum absolute atomic E-state index is 0.00493. The number of rotatable bonds is 44. The van der Waals surface area contributed by atoms with Crippen molar-refractivity contribution in [1.82, 2.24) is 0 Å². The second kappa shape index (κ2) is 49.5. The van der Waals surface area contributed by atoms with Gasteiger partial charge in [-0.3, -0.25) is 14.4 Å². The van der Waals surface area contributed by atoms with Crippen molar-refractivity contribution < 1.29 is 58.2 Å². The lowest BCUT2D eigenvalue weighted by atomic mass is 9.98. The molecule has 0 saturated carbocycles. The van der Waals surface area contributed by atoms with Crippen molar-refractivity contribution in [1.29, 1.82) is 0 Å². The molecule has 0 bridgehead atoms. The minimum atomic E-state index is -1.94. The topological polar surface area (TPSA) is 175 Å². The van der Waals surface area contributed by atoms with Gasteiger partial charge in [-0.2, -0.15) is 0 Å². The first-order valence-electron chi connectivity index (χ1n) is 27.8. The molecular weight excluding hydrogens is 949 g/mol. The van der Waals surface area contributed by atoms with Gasteiger partial charge in [0.05, 0.1) is 6.61 Å². The van der Waals surface area contributed by atoms with Gasteiger partial charge in [-0.25, -0.2) is 4.79 Å². The highest BCUT2D eigenvalue weighted by Crippen LogP contribution is 2.26. The number of hydrogen-bond donors (Lipinski definition) is 3. The van der Waals surface area contributed by atoms with E-state index in [1.165, 1.54) is 0 Å². The number of unbranched alkanes of at least 4 members (excludes halogenated alkanes) is 6. The zero-order valence-electron chi connectivity index (χ0n) is 45.7. The summed E-state index contributed by atoms with van der Waals surface area (Å²) in [5.41, 5.74) is 0. The second-order valence-electron chi connectivity index (χ2n) is 18.1. The van der Waals surface area contributed by atoms with E-state index in [1.807, 2.05) is 18.2 Å². The van der Waals surface area contributed by atoms with Gasteiger partial charge < -0.3 is 39.0 Å². The van der Waals surface area contributed by atoms with Crippen LogP contribution < -0.4 is 0 Å². The average Bonchev–Trinajstić information content (AvgIpc) is 3.39.